The average Bonchev–Trinajstić information content (AvgIpc) is 3.23. The second-order valence-electron chi connectivity index (χ2n) is 6.52. The van der Waals surface area contributed by atoms with Crippen molar-refractivity contribution in [2.24, 2.45) is 4.99 Å². The fourth-order valence-corrected chi connectivity index (χ4v) is 4.18. The van der Waals surface area contributed by atoms with Crippen molar-refractivity contribution in [2.75, 3.05) is 46.8 Å². The second-order valence-corrected chi connectivity index (χ2v) is 7.50. The molecule has 6 heteroatoms. The number of guanidine groups is 1. The standard InChI is InChI=1S/C18H33N5S/c1-5-19-18(20-13-15-9-7-11-23(15)6-2)21-14-16(22(3)4)17-10-8-12-24-17/h8,10,12,15-16H,5-7,9,11,13-14H2,1-4H3,(H2,19,20,21). The Balaban J connectivity index is 1.94. The number of thiophene rings is 1. The first-order valence-electron chi connectivity index (χ1n) is 9.11. The molecular weight excluding hydrogens is 318 g/mol. The van der Waals surface area contributed by atoms with Crippen molar-refractivity contribution < 1.29 is 0 Å². The van der Waals surface area contributed by atoms with Gasteiger partial charge in [-0.2, -0.15) is 0 Å². The van der Waals surface area contributed by atoms with Crippen LogP contribution in [-0.4, -0.2) is 68.6 Å². The zero-order chi connectivity index (χ0) is 17.4. The molecule has 2 atom stereocenters. The Morgan fingerprint density at radius 3 is 2.88 bits per heavy atom. The number of likely N-dealkylation sites (tertiary alicyclic amines) is 1. The molecule has 2 unspecified atom stereocenters. The molecule has 0 aromatic carbocycles. The van der Waals surface area contributed by atoms with Crippen molar-refractivity contribution >= 4 is 17.3 Å². The number of likely N-dealkylation sites (N-methyl/N-ethyl adjacent to an activating group) is 2. The molecule has 5 nitrogen and oxygen atoms in total. The normalized spacial score (nSPS) is 20.5. The van der Waals surface area contributed by atoms with E-state index in [0.717, 1.165) is 32.1 Å². The monoisotopic (exact) mass is 351 g/mol. The summed E-state index contributed by atoms with van der Waals surface area (Å²) in [6.07, 6.45) is 2.60. The Bertz CT molecular complexity index is 486. The van der Waals surface area contributed by atoms with Crippen LogP contribution in [0.5, 0.6) is 0 Å². The van der Waals surface area contributed by atoms with Crippen LogP contribution in [0.2, 0.25) is 0 Å². The van der Waals surface area contributed by atoms with Gasteiger partial charge in [0, 0.05) is 24.0 Å². The van der Waals surface area contributed by atoms with E-state index in [1.54, 1.807) is 11.3 Å². The third-order valence-corrected chi connectivity index (χ3v) is 5.65. The number of nitrogens with one attached hydrogen (secondary N) is 2. The van der Waals surface area contributed by atoms with E-state index in [1.165, 1.54) is 24.3 Å². The molecule has 2 N–H and O–H groups in total. The summed E-state index contributed by atoms with van der Waals surface area (Å²) >= 11 is 1.80. The van der Waals surface area contributed by atoms with E-state index in [2.05, 4.69) is 65.9 Å². The lowest BCUT2D eigenvalue weighted by Crippen LogP contribution is -2.45. The molecular formula is C18H33N5S. The summed E-state index contributed by atoms with van der Waals surface area (Å²) in [6, 6.07) is 5.28. The van der Waals surface area contributed by atoms with Crippen LogP contribution in [-0.2, 0) is 0 Å². The largest absolute Gasteiger partial charge is 0.357 e. The first kappa shape index (κ1) is 19.2. The Labute approximate surface area is 151 Å². The van der Waals surface area contributed by atoms with E-state index in [4.69, 9.17) is 4.99 Å². The Morgan fingerprint density at radius 1 is 1.42 bits per heavy atom. The van der Waals surface area contributed by atoms with Gasteiger partial charge in [-0.15, -0.1) is 11.3 Å². The third-order valence-electron chi connectivity index (χ3n) is 4.67. The van der Waals surface area contributed by atoms with Gasteiger partial charge in [0.25, 0.3) is 0 Å². The van der Waals surface area contributed by atoms with Gasteiger partial charge in [-0.05, 0) is 58.4 Å². The highest BCUT2D eigenvalue weighted by atomic mass is 32.1. The lowest BCUT2D eigenvalue weighted by molar-refractivity contribution is 0.266. The van der Waals surface area contributed by atoms with Crippen molar-refractivity contribution in [3.63, 3.8) is 0 Å². The minimum atomic E-state index is 0.332. The molecule has 1 saturated heterocycles. The molecule has 136 valence electrons. The molecule has 1 aromatic rings. The minimum absolute atomic E-state index is 0.332. The molecule has 0 bridgehead atoms. The fraction of sp³-hybridized carbons (Fsp3) is 0.722. The van der Waals surface area contributed by atoms with Crippen LogP contribution in [0, 0.1) is 0 Å². The lowest BCUT2D eigenvalue weighted by Gasteiger charge is -2.25. The second kappa shape index (κ2) is 10.0. The van der Waals surface area contributed by atoms with Gasteiger partial charge in [-0.1, -0.05) is 13.0 Å². The molecule has 1 aromatic heterocycles. The summed E-state index contributed by atoms with van der Waals surface area (Å²) in [5.74, 6) is 0.934. The molecule has 1 aliphatic rings. The smallest absolute Gasteiger partial charge is 0.191 e. The van der Waals surface area contributed by atoms with Crippen LogP contribution >= 0.6 is 11.3 Å². The quantitative estimate of drug-likeness (QED) is 0.557. The molecule has 1 fully saturated rings. The Hall–Kier alpha value is -1.11. The van der Waals surface area contributed by atoms with E-state index < -0.39 is 0 Å². The van der Waals surface area contributed by atoms with E-state index in [0.29, 0.717) is 12.1 Å². The van der Waals surface area contributed by atoms with Crippen molar-refractivity contribution in [1.29, 1.82) is 0 Å². The fourth-order valence-electron chi connectivity index (χ4n) is 3.27. The summed E-state index contributed by atoms with van der Waals surface area (Å²) in [5.41, 5.74) is 0. The number of hydrogen-bond acceptors (Lipinski definition) is 4. The highest BCUT2D eigenvalue weighted by Crippen LogP contribution is 2.23. The molecule has 0 aliphatic carbocycles. The van der Waals surface area contributed by atoms with Crippen molar-refractivity contribution in [2.45, 2.75) is 38.8 Å². The number of nitrogens with zero attached hydrogens (tertiary/aromatic N) is 3. The molecule has 0 spiro atoms. The van der Waals surface area contributed by atoms with Gasteiger partial charge in [0.2, 0.25) is 0 Å². The van der Waals surface area contributed by atoms with Crippen LogP contribution in [0.15, 0.2) is 22.5 Å². The van der Waals surface area contributed by atoms with Gasteiger partial charge in [-0.25, -0.2) is 0 Å². The van der Waals surface area contributed by atoms with Crippen molar-refractivity contribution in [3.8, 4) is 0 Å². The van der Waals surface area contributed by atoms with E-state index in [1.807, 2.05) is 0 Å². The minimum Gasteiger partial charge on any atom is -0.357 e. The maximum absolute atomic E-state index is 4.84. The Kier molecular flexibility index (Phi) is 8.02. The van der Waals surface area contributed by atoms with Gasteiger partial charge >= 0.3 is 0 Å². The molecule has 0 amide bonds. The highest BCUT2D eigenvalue weighted by Gasteiger charge is 2.23. The number of hydrogen-bond donors (Lipinski definition) is 2. The van der Waals surface area contributed by atoms with Crippen molar-refractivity contribution in [1.82, 2.24) is 20.4 Å². The molecule has 0 radical (unpaired) electrons. The summed E-state index contributed by atoms with van der Waals surface area (Å²) in [4.78, 5) is 11.0. The average molecular weight is 352 g/mol. The van der Waals surface area contributed by atoms with Crippen LogP contribution in [0.1, 0.15) is 37.6 Å². The van der Waals surface area contributed by atoms with Gasteiger partial charge in [-0.3, -0.25) is 9.89 Å². The van der Waals surface area contributed by atoms with Gasteiger partial charge in [0.05, 0.1) is 12.6 Å². The third kappa shape index (κ3) is 5.46. The van der Waals surface area contributed by atoms with Gasteiger partial charge in [0.1, 0.15) is 0 Å². The van der Waals surface area contributed by atoms with E-state index in [-0.39, 0.29) is 0 Å². The first-order valence-corrected chi connectivity index (χ1v) is 9.99. The molecule has 24 heavy (non-hydrogen) atoms. The summed E-state index contributed by atoms with van der Waals surface area (Å²) < 4.78 is 0. The van der Waals surface area contributed by atoms with E-state index >= 15 is 0 Å². The van der Waals surface area contributed by atoms with E-state index in [9.17, 15) is 0 Å². The van der Waals surface area contributed by atoms with Crippen LogP contribution in [0.3, 0.4) is 0 Å². The SMILES string of the molecule is CCNC(=NCC(c1cccs1)N(C)C)NCC1CCCN1CC. The predicted molar refractivity (Wildman–Crippen MR) is 105 cm³/mol. The summed E-state index contributed by atoms with van der Waals surface area (Å²) in [5, 5.41) is 9.07. The maximum atomic E-state index is 4.84. The van der Waals surface area contributed by atoms with Crippen LogP contribution in [0.4, 0.5) is 0 Å². The topological polar surface area (TPSA) is 42.9 Å². The Morgan fingerprint density at radius 2 is 2.25 bits per heavy atom. The highest BCUT2D eigenvalue weighted by molar-refractivity contribution is 7.10. The number of rotatable bonds is 8. The molecule has 1 aliphatic heterocycles. The first-order chi connectivity index (χ1) is 11.7. The van der Waals surface area contributed by atoms with Crippen LogP contribution in [0.25, 0.3) is 0 Å². The van der Waals surface area contributed by atoms with Crippen LogP contribution < -0.4 is 10.6 Å². The molecule has 2 rings (SSSR count). The zero-order valence-electron chi connectivity index (χ0n) is 15.6. The predicted octanol–water partition coefficient (Wildman–Crippen LogP) is 2.39. The zero-order valence-corrected chi connectivity index (χ0v) is 16.4. The lowest BCUT2D eigenvalue weighted by atomic mass is 10.2. The van der Waals surface area contributed by atoms with Gasteiger partial charge < -0.3 is 15.5 Å². The summed E-state index contributed by atoms with van der Waals surface area (Å²) in [6.45, 7) is 9.38. The molecule has 0 saturated carbocycles. The summed E-state index contributed by atoms with van der Waals surface area (Å²) in [7, 11) is 4.25. The van der Waals surface area contributed by atoms with Gasteiger partial charge in [0.15, 0.2) is 5.96 Å². The number of aliphatic imine (C=N–C) groups is 1. The maximum Gasteiger partial charge on any atom is 0.191 e. The molecule has 2 heterocycles. The van der Waals surface area contributed by atoms with Crippen molar-refractivity contribution in [3.05, 3.63) is 22.4 Å².